The number of nitro groups is 1. The smallest absolute Gasteiger partial charge is 0.333 e. The highest BCUT2D eigenvalue weighted by atomic mass is 79.9. The van der Waals surface area contributed by atoms with Crippen LogP contribution < -0.4 is 5.43 Å². The van der Waals surface area contributed by atoms with Gasteiger partial charge in [-0.15, -0.1) is 0 Å². The van der Waals surface area contributed by atoms with Crippen LogP contribution in [-0.2, 0) is 11.3 Å². The van der Waals surface area contributed by atoms with Crippen molar-refractivity contribution in [3.63, 3.8) is 0 Å². The number of pyridine rings is 1. The second-order valence-electron chi connectivity index (χ2n) is 6.59. The van der Waals surface area contributed by atoms with Crippen molar-refractivity contribution in [1.29, 1.82) is 0 Å². The number of carbonyl (C=O) groups is 1. The maximum Gasteiger partial charge on any atom is 0.333 e. The van der Waals surface area contributed by atoms with E-state index in [1.807, 2.05) is 4.90 Å². The van der Waals surface area contributed by atoms with Gasteiger partial charge in [0.15, 0.2) is 0 Å². The van der Waals surface area contributed by atoms with Gasteiger partial charge in [0.25, 0.3) is 5.43 Å². The normalized spacial score (nSPS) is 23.6. The molecule has 3 rings (SSSR count). The summed E-state index contributed by atoms with van der Waals surface area (Å²) in [6.07, 6.45) is 9.41. The number of hydrogen-bond donors (Lipinski definition) is 0. The number of carbonyl (C=O) groups excluding carboxylic acids is 1. The van der Waals surface area contributed by atoms with Crippen LogP contribution in [0.15, 0.2) is 21.7 Å². The molecule has 7 nitrogen and oxygen atoms in total. The largest absolute Gasteiger partial charge is 0.338 e. The molecule has 1 amide bonds. The molecule has 2 aliphatic rings. The highest BCUT2D eigenvalue weighted by Crippen LogP contribution is 2.35. The van der Waals surface area contributed by atoms with Crippen molar-refractivity contribution in [2.24, 2.45) is 5.92 Å². The Morgan fingerprint density at radius 3 is 2.71 bits per heavy atom. The van der Waals surface area contributed by atoms with Crippen LogP contribution >= 0.6 is 15.9 Å². The molecule has 130 valence electrons. The molecular formula is C16H20BrN3O4. The number of amides is 1. The molecule has 2 heterocycles. The van der Waals surface area contributed by atoms with Gasteiger partial charge in [-0.05, 0) is 47.5 Å². The van der Waals surface area contributed by atoms with Gasteiger partial charge in [-0.25, -0.2) is 0 Å². The Morgan fingerprint density at radius 2 is 1.96 bits per heavy atom. The van der Waals surface area contributed by atoms with E-state index in [0.717, 1.165) is 32.0 Å². The topological polar surface area (TPSA) is 85.4 Å². The number of aromatic nitrogens is 1. The second kappa shape index (κ2) is 7.04. The third kappa shape index (κ3) is 3.38. The summed E-state index contributed by atoms with van der Waals surface area (Å²) >= 11 is 3.04. The number of likely N-dealkylation sites (tertiary alicyclic amines) is 1. The average Bonchev–Trinajstić information content (AvgIpc) is 2.57. The Morgan fingerprint density at radius 1 is 1.25 bits per heavy atom. The van der Waals surface area contributed by atoms with E-state index in [1.165, 1.54) is 30.0 Å². The molecule has 0 N–H and O–H groups in total. The highest BCUT2D eigenvalue weighted by molar-refractivity contribution is 9.10. The summed E-state index contributed by atoms with van der Waals surface area (Å²) in [7, 11) is 0. The van der Waals surface area contributed by atoms with Gasteiger partial charge in [-0.2, -0.15) is 0 Å². The van der Waals surface area contributed by atoms with Crippen molar-refractivity contribution < 1.29 is 9.72 Å². The lowest BCUT2D eigenvalue weighted by atomic mass is 9.78. The number of nitrogens with zero attached hydrogens (tertiary/aromatic N) is 3. The van der Waals surface area contributed by atoms with Crippen LogP contribution in [0.1, 0.15) is 38.5 Å². The first-order valence-electron chi connectivity index (χ1n) is 8.31. The van der Waals surface area contributed by atoms with Crippen molar-refractivity contribution in [1.82, 2.24) is 9.47 Å². The van der Waals surface area contributed by atoms with Crippen LogP contribution in [0.3, 0.4) is 0 Å². The molecule has 2 atom stereocenters. The molecule has 2 fully saturated rings. The number of rotatable bonds is 3. The molecule has 0 spiro atoms. The zero-order valence-corrected chi connectivity index (χ0v) is 14.9. The molecule has 0 radical (unpaired) electrons. The predicted molar refractivity (Wildman–Crippen MR) is 91.7 cm³/mol. The molecule has 2 unspecified atom stereocenters. The Balaban J connectivity index is 1.79. The zero-order chi connectivity index (χ0) is 17.3. The summed E-state index contributed by atoms with van der Waals surface area (Å²) in [6.45, 7) is 0.770. The molecule has 0 aromatic carbocycles. The van der Waals surface area contributed by atoms with Crippen molar-refractivity contribution >= 4 is 27.5 Å². The first-order valence-corrected chi connectivity index (χ1v) is 9.10. The van der Waals surface area contributed by atoms with Gasteiger partial charge in [0.05, 0.1) is 15.6 Å². The van der Waals surface area contributed by atoms with Gasteiger partial charge in [0, 0.05) is 18.8 Å². The fraction of sp³-hybridized carbons (Fsp3) is 0.625. The first-order chi connectivity index (χ1) is 11.5. The van der Waals surface area contributed by atoms with Crippen LogP contribution in [0.25, 0.3) is 0 Å². The molecule has 1 aromatic heterocycles. The summed E-state index contributed by atoms with van der Waals surface area (Å²) in [6, 6.07) is 0.304. The Bertz CT molecular complexity index is 716. The maximum absolute atomic E-state index is 12.7. The van der Waals surface area contributed by atoms with Crippen LogP contribution in [0, 0.1) is 16.0 Å². The van der Waals surface area contributed by atoms with E-state index in [2.05, 4.69) is 15.9 Å². The standard InChI is InChI=1S/C16H20BrN3O4/c17-12-8-18(9-14(16(12)22)20(23)24)10-15(21)19-7-3-5-11-4-1-2-6-13(11)19/h8-9,11,13H,1-7,10H2. The molecule has 1 aliphatic heterocycles. The van der Waals surface area contributed by atoms with E-state index < -0.39 is 16.0 Å². The maximum atomic E-state index is 12.7. The fourth-order valence-electron chi connectivity index (χ4n) is 3.98. The zero-order valence-electron chi connectivity index (χ0n) is 13.3. The molecule has 0 bridgehead atoms. The highest BCUT2D eigenvalue weighted by Gasteiger charge is 2.35. The third-order valence-electron chi connectivity index (χ3n) is 5.09. The van der Waals surface area contributed by atoms with Crippen molar-refractivity contribution in [2.45, 2.75) is 51.1 Å². The lowest BCUT2D eigenvalue weighted by molar-refractivity contribution is -0.386. The minimum atomic E-state index is -0.716. The van der Waals surface area contributed by atoms with Crippen LogP contribution in [0.4, 0.5) is 5.69 Å². The Labute approximate surface area is 147 Å². The molecule has 1 aromatic rings. The van der Waals surface area contributed by atoms with E-state index in [4.69, 9.17) is 0 Å². The molecule has 1 aliphatic carbocycles. The fourth-order valence-corrected chi connectivity index (χ4v) is 4.45. The van der Waals surface area contributed by atoms with Crippen LogP contribution in [0.5, 0.6) is 0 Å². The number of piperidine rings is 1. The van der Waals surface area contributed by atoms with E-state index >= 15 is 0 Å². The van der Waals surface area contributed by atoms with Gasteiger partial charge >= 0.3 is 5.69 Å². The predicted octanol–water partition coefficient (Wildman–Crippen LogP) is 2.70. The molecule has 24 heavy (non-hydrogen) atoms. The third-order valence-corrected chi connectivity index (χ3v) is 5.66. The van der Waals surface area contributed by atoms with Gasteiger partial charge < -0.3 is 9.47 Å². The minimum absolute atomic E-state index is 0.0168. The quantitative estimate of drug-likeness (QED) is 0.579. The average molecular weight is 398 g/mol. The lowest BCUT2D eigenvalue weighted by Crippen LogP contribution is -2.50. The van der Waals surface area contributed by atoms with Gasteiger partial charge in [0.2, 0.25) is 5.91 Å². The van der Waals surface area contributed by atoms with E-state index in [-0.39, 0.29) is 16.9 Å². The molecule has 8 heteroatoms. The second-order valence-corrected chi connectivity index (χ2v) is 7.45. The summed E-state index contributed by atoms with van der Waals surface area (Å²) in [4.78, 5) is 36.7. The Kier molecular flexibility index (Phi) is 5.03. The molecule has 1 saturated carbocycles. The number of halogens is 1. The number of hydrogen-bond acceptors (Lipinski definition) is 4. The number of fused-ring (bicyclic) bond motifs is 1. The molecule has 1 saturated heterocycles. The Hall–Kier alpha value is -1.70. The van der Waals surface area contributed by atoms with E-state index in [1.54, 1.807) is 0 Å². The summed E-state index contributed by atoms with van der Waals surface area (Å²) in [5.74, 6) is 0.558. The summed E-state index contributed by atoms with van der Waals surface area (Å²) in [5, 5.41) is 11.0. The van der Waals surface area contributed by atoms with Gasteiger partial charge in [0.1, 0.15) is 6.54 Å². The summed E-state index contributed by atoms with van der Waals surface area (Å²) < 4.78 is 1.52. The SMILES string of the molecule is O=C(Cn1cc(Br)c(=O)c([N+](=O)[O-])c1)N1CCCC2CCCCC21. The van der Waals surface area contributed by atoms with Crippen LogP contribution in [0.2, 0.25) is 0 Å². The monoisotopic (exact) mass is 397 g/mol. The van der Waals surface area contributed by atoms with Crippen molar-refractivity contribution in [3.8, 4) is 0 Å². The first kappa shape index (κ1) is 17.1. The van der Waals surface area contributed by atoms with Gasteiger partial charge in [-0.1, -0.05) is 12.8 Å². The van der Waals surface area contributed by atoms with Crippen molar-refractivity contribution in [3.05, 3.63) is 37.2 Å². The van der Waals surface area contributed by atoms with E-state index in [0.29, 0.717) is 12.0 Å². The van der Waals surface area contributed by atoms with E-state index in [9.17, 15) is 19.7 Å². The molecular weight excluding hydrogens is 378 g/mol. The minimum Gasteiger partial charge on any atom is -0.338 e. The van der Waals surface area contributed by atoms with Crippen LogP contribution in [-0.4, -0.2) is 32.9 Å². The summed E-state index contributed by atoms with van der Waals surface area (Å²) in [5.41, 5.74) is -1.19. The lowest BCUT2D eigenvalue weighted by Gasteiger charge is -2.44. The van der Waals surface area contributed by atoms with Crippen molar-refractivity contribution in [2.75, 3.05) is 6.54 Å². The van der Waals surface area contributed by atoms with Gasteiger partial charge in [-0.3, -0.25) is 19.7 Å².